The van der Waals surface area contributed by atoms with Crippen LogP contribution in [0, 0.1) is 11.2 Å². The number of nitrogens with zero attached hydrogens (tertiary/aromatic N) is 3. The van der Waals surface area contributed by atoms with E-state index in [-0.39, 0.29) is 23.2 Å². The molecule has 28 heavy (non-hydrogen) atoms. The Hall–Kier alpha value is -2.89. The summed E-state index contributed by atoms with van der Waals surface area (Å²) in [6, 6.07) is 14.1. The minimum Gasteiger partial charge on any atom is -0.322 e. The molecule has 1 saturated heterocycles. The fourth-order valence-corrected chi connectivity index (χ4v) is 3.86. The van der Waals surface area contributed by atoms with Crippen molar-refractivity contribution in [1.82, 2.24) is 9.80 Å². The van der Waals surface area contributed by atoms with Crippen molar-refractivity contribution in [2.24, 2.45) is 5.41 Å². The van der Waals surface area contributed by atoms with Crippen LogP contribution >= 0.6 is 0 Å². The van der Waals surface area contributed by atoms with Gasteiger partial charge in [0.15, 0.2) is 0 Å². The normalized spacial score (nSPS) is 19.9. The number of anilines is 1. The number of urea groups is 1. The zero-order valence-corrected chi connectivity index (χ0v) is 16.9. The Morgan fingerprint density at radius 3 is 2.14 bits per heavy atom. The van der Waals surface area contributed by atoms with Gasteiger partial charge in [-0.2, -0.15) is 0 Å². The van der Waals surface area contributed by atoms with Crippen molar-refractivity contribution in [3.8, 4) is 0 Å². The molecule has 0 saturated carbocycles. The third kappa shape index (κ3) is 3.46. The smallest absolute Gasteiger partial charge is 0.322 e. The van der Waals surface area contributed by atoms with Crippen LogP contribution in [-0.4, -0.2) is 42.0 Å². The molecule has 2 aromatic rings. The molecule has 0 spiro atoms. The van der Waals surface area contributed by atoms with Gasteiger partial charge in [0, 0.05) is 25.2 Å². The van der Waals surface area contributed by atoms with Crippen LogP contribution in [0.2, 0.25) is 0 Å². The summed E-state index contributed by atoms with van der Waals surface area (Å²) >= 11 is 0. The van der Waals surface area contributed by atoms with Crippen LogP contribution in [0.25, 0.3) is 0 Å². The van der Waals surface area contributed by atoms with Crippen molar-refractivity contribution in [3.63, 3.8) is 0 Å². The Kier molecular flexibility index (Phi) is 5.15. The number of benzene rings is 2. The number of hydrogen-bond acceptors (Lipinski definition) is 2. The van der Waals surface area contributed by atoms with Crippen LogP contribution in [-0.2, 0) is 4.79 Å². The van der Waals surface area contributed by atoms with E-state index >= 15 is 0 Å². The highest BCUT2D eigenvalue weighted by Gasteiger charge is 2.52. The quantitative estimate of drug-likeness (QED) is 0.777. The second-order valence-electron chi connectivity index (χ2n) is 8.23. The van der Waals surface area contributed by atoms with Crippen LogP contribution in [0.1, 0.15) is 32.4 Å². The Morgan fingerprint density at radius 1 is 1.04 bits per heavy atom. The molecular formula is C22H26FN3O2. The van der Waals surface area contributed by atoms with Gasteiger partial charge in [0.05, 0.1) is 0 Å². The van der Waals surface area contributed by atoms with Crippen molar-refractivity contribution < 1.29 is 14.0 Å². The molecule has 1 aliphatic heterocycles. The minimum atomic E-state index is -0.703. The second-order valence-corrected chi connectivity index (χ2v) is 8.23. The fourth-order valence-electron chi connectivity index (χ4n) is 3.86. The van der Waals surface area contributed by atoms with E-state index in [4.69, 9.17) is 0 Å². The van der Waals surface area contributed by atoms with Gasteiger partial charge >= 0.3 is 6.03 Å². The lowest BCUT2D eigenvalue weighted by Crippen LogP contribution is -2.53. The number of hydrogen-bond donors (Lipinski definition) is 0. The predicted octanol–water partition coefficient (Wildman–Crippen LogP) is 4.27. The van der Waals surface area contributed by atoms with E-state index in [1.54, 1.807) is 36.0 Å². The highest BCUT2D eigenvalue weighted by molar-refractivity contribution is 5.98. The van der Waals surface area contributed by atoms with Gasteiger partial charge in [0.25, 0.3) is 5.91 Å². The number of amides is 3. The monoisotopic (exact) mass is 383 g/mol. The standard InChI is InChI=1S/C22H26FN3O2/c1-22(2,3)20-25(5)19(27)18(15-9-7-6-8-10-15)26(20)21(28)24(4)17-13-11-16(23)12-14-17/h6-14,18,20H,1-5H3. The van der Waals surface area contributed by atoms with Crippen molar-refractivity contribution in [2.45, 2.75) is 33.0 Å². The van der Waals surface area contributed by atoms with Crippen LogP contribution < -0.4 is 4.90 Å². The first-order valence-electron chi connectivity index (χ1n) is 9.26. The third-order valence-electron chi connectivity index (χ3n) is 5.10. The Balaban J connectivity index is 2.06. The number of carbonyl (C=O) groups excluding carboxylic acids is 2. The van der Waals surface area contributed by atoms with Gasteiger partial charge in [-0.15, -0.1) is 0 Å². The zero-order chi connectivity index (χ0) is 20.6. The first kappa shape index (κ1) is 19.9. The topological polar surface area (TPSA) is 43.9 Å². The summed E-state index contributed by atoms with van der Waals surface area (Å²) in [5.74, 6) is -0.484. The van der Waals surface area contributed by atoms with Crippen LogP contribution in [0.15, 0.2) is 54.6 Å². The average Bonchev–Trinajstić information content (AvgIpc) is 2.93. The molecule has 2 unspecified atom stereocenters. The lowest BCUT2D eigenvalue weighted by molar-refractivity contribution is -0.129. The van der Waals surface area contributed by atoms with E-state index in [0.717, 1.165) is 5.56 Å². The first-order chi connectivity index (χ1) is 13.1. The van der Waals surface area contributed by atoms with E-state index in [0.29, 0.717) is 5.69 Å². The Morgan fingerprint density at radius 2 is 1.61 bits per heavy atom. The van der Waals surface area contributed by atoms with Gasteiger partial charge in [-0.05, 0) is 29.8 Å². The average molecular weight is 383 g/mol. The minimum absolute atomic E-state index is 0.119. The second kappa shape index (κ2) is 7.26. The van der Waals surface area contributed by atoms with Crippen LogP contribution in [0.3, 0.4) is 0 Å². The van der Waals surface area contributed by atoms with Gasteiger partial charge in [-0.25, -0.2) is 9.18 Å². The zero-order valence-electron chi connectivity index (χ0n) is 16.9. The number of likely N-dealkylation sites (N-methyl/N-ethyl adjacent to an activating group) is 1. The molecule has 3 amide bonds. The van der Waals surface area contributed by atoms with Crippen LogP contribution in [0.4, 0.5) is 14.9 Å². The molecule has 1 fully saturated rings. The summed E-state index contributed by atoms with van der Waals surface area (Å²) in [5.41, 5.74) is 0.979. The molecule has 5 nitrogen and oxygen atoms in total. The maximum atomic E-state index is 13.5. The predicted molar refractivity (Wildman–Crippen MR) is 107 cm³/mol. The van der Waals surface area contributed by atoms with E-state index in [2.05, 4.69) is 0 Å². The molecule has 0 bridgehead atoms. The maximum Gasteiger partial charge on any atom is 0.326 e. The highest BCUT2D eigenvalue weighted by Crippen LogP contribution is 2.41. The number of rotatable bonds is 2. The van der Waals surface area contributed by atoms with E-state index in [9.17, 15) is 14.0 Å². The van der Waals surface area contributed by atoms with E-state index in [1.807, 2.05) is 51.1 Å². The number of halogens is 1. The summed E-state index contributed by atoms with van der Waals surface area (Å²) < 4.78 is 13.3. The molecule has 148 valence electrons. The summed E-state index contributed by atoms with van der Waals surface area (Å²) in [6.07, 6.45) is -0.416. The Labute approximate surface area is 165 Å². The first-order valence-corrected chi connectivity index (χ1v) is 9.26. The third-order valence-corrected chi connectivity index (χ3v) is 5.10. The lowest BCUT2D eigenvalue weighted by Gasteiger charge is -2.40. The molecule has 2 atom stereocenters. The van der Waals surface area contributed by atoms with Crippen molar-refractivity contribution >= 4 is 17.6 Å². The fraction of sp³-hybridized carbons (Fsp3) is 0.364. The van der Waals surface area contributed by atoms with Gasteiger partial charge in [0.2, 0.25) is 0 Å². The van der Waals surface area contributed by atoms with E-state index < -0.39 is 12.2 Å². The van der Waals surface area contributed by atoms with Gasteiger partial charge < -0.3 is 4.90 Å². The molecule has 0 aromatic heterocycles. The summed E-state index contributed by atoms with van der Waals surface area (Å²) in [4.78, 5) is 31.4. The molecule has 1 aliphatic rings. The largest absolute Gasteiger partial charge is 0.326 e. The van der Waals surface area contributed by atoms with Crippen molar-refractivity contribution in [1.29, 1.82) is 0 Å². The molecular weight excluding hydrogens is 357 g/mol. The maximum absolute atomic E-state index is 13.5. The molecule has 1 heterocycles. The number of carbonyl (C=O) groups is 2. The summed E-state index contributed by atoms with van der Waals surface area (Å²) in [7, 11) is 3.37. The molecule has 0 radical (unpaired) electrons. The molecule has 0 N–H and O–H groups in total. The highest BCUT2D eigenvalue weighted by atomic mass is 19.1. The molecule has 0 aliphatic carbocycles. The lowest BCUT2D eigenvalue weighted by atomic mass is 9.91. The van der Waals surface area contributed by atoms with Gasteiger partial charge in [0.1, 0.15) is 18.0 Å². The molecule has 3 rings (SSSR count). The van der Waals surface area contributed by atoms with E-state index in [1.165, 1.54) is 17.0 Å². The summed E-state index contributed by atoms with van der Waals surface area (Å²) in [5, 5.41) is 0. The van der Waals surface area contributed by atoms with Crippen molar-refractivity contribution in [2.75, 3.05) is 19.0 Å². The molecule has 2 aromatic carbocycles. The van der Waals surface area contributed by atoms with Gasteiger partial charge in [-0.3, -0.25) is 14.6 Å². The van der Waals surface area contributed by atoms with Crippen LogP contribution in [0.5, 0.6) is 0 Å². The molecule has 6 heteroatoms. The van der Waals surface area contributed by atoms with Gasteiger partial charge in [-0.1, -0.05) is 51.1 Å². The Bertz CT molecular complexity index is 862. The SMILES string of the molecule is CN(C(=O)N1C(c2ccccc2)C(=O)N(C)C1C(C)(C)C)c1ccc(F)cc1. The summed E-state index contributed by atoms with van der Waals surface area (Å²) in [6.45, 7) is 6.02. The van der Waals surface area contributed by atoms with Crippen molar-refractivity contribution in [3.05, 3.63) is 66.0 Å².